The van der Waals surface area contributed by atoms with Gasteiger partial charge in [0.15, 0.2) is 0 Å². The largest absolute Gasteiger partial charge is 0.492 e. The average Bonchev–Trinajstić information content (AvgIpc) is 2.76. The van der Waals surface area contributed by atoms with Crippen LogP contribution in [0, 0.1) is 0 Å². The predicted molar refractivity (Wildman–Crippen MR) is 113 cm³/mol. The lowest BCUT2D eigenvalue weighted by Gasteiger charge is -2.12. The van der Waals surface area contributed by atoms with Gasteiger partial charge in [0.05, 0.1) is 12.1 Å². The van der Waals surface area contributed by atoms with Crippen molar-refractivity contribution in [2.75, 3.05) is 13.2 Å². The smallest absolute Gasteiger partial charge is 0.255 e. The maximum absolute atomic E-state index is 12.6. The molecule has 0 fully saturated rings. The van der Waals surface area contributed by atoms with Crippen molar-refractivity contribution >= 4 is 5.91 Å². The van der Waals surface area contributed by atoms with Crippen molar-refractivity contribution in [2.45, 2.75) is 26.4 Å². The fourth-order valence-corrected chi connectivity index (χ4v) is 2.80. The number of rotatable bonds is 9. The molecule has 0 aliphatic heterocycles. The van der Waals surface area contributed by atoms with Crippen LogP contribution in [-0.4, -0.2) is 24.0 Å². The Hall–Kier alpha value is -3.34. The van der Waals surface area contributed by atoms with Gasteiger partial charge in [-0.2, -0.15) is 0 Å². The summed E-state index contributed by atoms with van der Waals surface area (Å²) in [6, 6.07) is 19.0. The summed E-state index contributed by atoms with van der Waals surface area (Å²) in [6.07, 6.45) is 3.43. The molecule has 3 aromatic rings. The summed E-state index contributed by atoms with van der Waals surface area (Å²) >= 11 is 0. The molecule has 1 heterocycles. The average molecular weight is 390 g/mol. The Morgan fingerprint density at radius 2 is 1.69 bits per heavy atom. The molecule has 1 N–H and O–H groups in total. The van der Waals surface area contributed by atoms with Gasteiger partial charge in [0.2, 0.25) is 0 Å². The van der Waals surface area contributed by atoms with Gasteiger partial charge >= 0.3 is 0 Å². The maximum atomic E-state index is 12.6. The van der Waals surface area contributed by atoms with E-state index in [-0.39, 0.29) is 5.91 Å². The molecule has 1 amide bonds. The number of ether oxygens (including phenoxy) is 2. The number of carbonyl (C=O) groups excluding carboxylic acids is 1. The van der Waals surface area contributed by atoms with Crippen LogP contribution in [0.5, 0.6) is 11.5 Å². The maximum Gasteiger partial charge on any atom is 0.255 e. The Balaban J connectivity index is 1.49. The first kappa shape index (κ1) is 20.4. The van der Waals surface area contributed by atoms with E-state index in [0.29, 0.717) is 37.0 Å². The summed E-state index contributed by atoms with van der Waals surface area (Å²) in [5, 5.41) is 2.88. The molecule has 29 heavy (non-hydrogen) atoms. The summed E-state index contributed by atoms with van der Waals surface area (Å²) in [5.41, 5.74) is 2.77. The molecular formula is C24H26N2O3. The first-order chi connectivity index (χ1) is 14.1. The second-order valence-corrected chi connectivity index (χ2v) is 6.97. The zero-order valence-corrected chi connectivity index (χ0v) is 16.8. The molecule has 150 valence electrons. The number of hydrogen-bond acceptors (Lipinski definition) is 4. The van der Waals surface area contributed by atoms with Gasteiger partial charge in [-0.25, -0.2) is 0 Å². The highest BCUT2D eigenvalue weighted by Crippen LogP contribution is 2.20. The number of nitrogens with zero attached hydrogens (tertiary/aromatic N) is 1. The minimum atomic E-state index is -0.186. The molecule has 0 bridgehead atoms. The Bertz CT molecular complexity index is 909. The lowest BCUT2D eigenvalue weighted by molar-refractivity contribution is 0.0942. The number of hydrogen-bond donors (Lipinski definition) is 1. The molecule has 1 aromatic heterocycles. The fraction of sp³-hybridized carbons (Fsp3) is 0.250. The predicted octanol–water partition coefficient (Wildman–Crippen LogP) is 4.59. The molecule has 0 aliphatic carbocycles. The molecule has 5 nitrogen and oxygen atoms in total. The Labute approximate surface area is 171 Å². The third-order valence-electron chi connectivity index (χ3n) is 4.48. The topological polar surface area (TPSA) is 60.5 Å². The van der Waals surface area contributed by atoms with Gasteiger partial charge in [-0.05, 0) is 53.4 Å². The second-order valence-electron chi connectivity index (χ2n) is 6.97. The third-order valence-corrected chi connectivity index (χ3v) is 4.48. The first-order valence-corrected chi connectivity index (χ1v) is 9.75. The number of pyridine rings is 1. The molecule has 0 saturated heterocycles. The van der Waals surface area contributed by atoms with E-state index in [1.165, 1.54) is 5.56 Å². The monoisotopic (exact) mass is 390 g/mol. The van der Waals surface area contributed by atoms with Crippen LogP contribution >= 0.6 is 0 Å². The van der Waals surface area contributed by atoms with Gasteiger partial charge in [0.1, 0.15) is 24.7 Å². The molecule has 0 aliphatic rings. The highest BCUT2D eigenvalue weighted by atomic mass is 16.5. The van der Waals surface area contributed by atoms with Crippen molar-refractivity contribution in [1.82, 2.24) is 10.3 Å². The fourth-order valence-electron chi connectivity index (χ4n) is 2.80. The molecule has 0 radical (unpaired) electrons. The van der Waals surface area contributed by atoms with Crippen LogP contribution in [0.25, 0.3) is 0 Å². The summed E-state index contributed by atoms with van der Waals surface area (Å²) in [4.78, 5) is 16.5. The van der Waals surface area contributed by atoms with Gasteiger partial charge in [-0.3, -0.25) is 9.78 Å². The van der Waals surface area contributed by atoms with Gasteiger partial charge < -0.3 is 14.8 Å². The minimum absolute atomic E-state index is 0.186. The highest BCUT2D eigenvalue weighted by Gasteiger charge is 2.12. The van der Waals surface area contributed by atoms with E-state index in [2.05, 4.69) is 36.3 Å². The molecular weight excluding hydrogens is 364 g/mol. The lowest BCUT2D eigenvalue weighted by Crippen LogP contribution is -2.28. The molecule has 5 heteroatoms. The molecule has 3 rings (SSSR count). The van der Waals surface area contributed by atoms with Crippen LogP contribution in [0.1, 0.15) is 41.3 Å². The van der Waals surface area contributed by atoms with E-state index in [9.17, 15) is 4.79 Å². The van der Waals surface area contributed by atoms with E-state index in [1.54, 1.807) is 24.5 Å². The number of para-hydroxylation sites is 1. The zero-order chi connectivity index (χ0) is 20.5. The van der Waals surface area contributed by atoms with E-state index >= 15 is 0 Å². The van der Waals surface area contributed by atoms with Crippen molar-refractivity contribution < 1.29 is 14.3 Å². The van der Waals surface area contributed by atoms with Crippen LogP contribution < -0.4 is 14.8 Å². The van der Waals surface area contributed by atoms with Crippen LogP contribution in [0.2, 0.25) is 0 Å². The Kier molecular flexibility index (Phi) is 7.22. The lowest BCUT2D eigenvalue weighted by atomic mass is 10.0. The van der Waals surface area contributed by atoms with Crippen LogP contribution in [0.4, 0.5) is 0 Å². The van der Waals surface area contributed by atoms with Gasteiger partial charge in [-0.1, -0.05) is 38.1 Å². The van der Waals surface area contributed by atoms with Crippen LogP contribution in [0.3, 0.4) is 0 Å². The van der Waals surface area contributed by atoms with Crippen LogP contribution in [-0.2, 0) is 6.61 Å². The van der Waals surface area contributed by atoms with Gasteiger partial charge in [0.25, 0.3) is 5.91 Å². The van der Waals surface area contributed by atoms with Gasteiger partial charge in [0, 0.05) is 12.4 Å². The van der Waals surface area contributed by atoms with Crippen molar-refractivity contribution in [3.63, 3.8) is 0 Å². The Morgan fingerprint density at radius 1 is 0.966 bits per heavy atom. The van der Waals surface area contributed by atoms with Crippen molar-refractivity contribution in [3.8, 4) is 11.5 Å². The number of aromatic nitrogens is 1. The standard InChI is InChI=1S/C24H26N2O3/c1-18(2)20-7-9-21(10-8-20)28-16-15-26-24(27)22-5-3-4-6-23(22)29-17-19-11-13-25-14-12-19/h3-14,18H,15-17H2,1-2H3,(H,26,27). The number of benzene rings is 2. The number of carbonyl (C=O) groups is 1. The van der Waals surface area contributed by atoms with E-state index in [4.69, 9.17) is 9.47 Å². The van der Waals surface area contributed by atoms with E-state index in [0.717, 1.165) is 11.3 Å². The van der Waals surface area contributed by atoms with E-state index in [1.807, 2.05) is 36.4 Å². The number of nitrogens with one attached hydrogen (secondary N) is 1. The van der Waals surface area contributed by atoms with Crippen molar-refractivity contribution in [3.05, 3.63) is 89.7 Å². The quantitative estimate of drug-likeness (QED) is 0.543. The van der Waals surface area contributed by atoms with E-state index < -0.39 is 0 Å². The second kappa shape index (κ2) is 10.3. The first-order valence-electron chi connectivity index (χ1n) is 9.75. The number of amides is 1. The molecule has 0 spiro atoms. The minimum Gasteiger partial charge on any atom is -0.492 e. The summed E-state index contributed by atoms with van der Waals surface area (Å²) in [6.45, 7) is 5.49. The SMILES string of the molecule is CC(C)c1ccc(OCCNC(=O)c2ccccc2OCc2ccncc2)cc1. The summed E-state index contributed by atoms with van der Waals surface area (Å²) in [5.74, 6) is 1.65. The third kappa shape index (κ3) is 6.07. The zero-order valence-electron chi connectivity index (χ0n) is 16.8. The normalized spacial score (nSPS) is 10.6. The summed E-state index contributed by atoms with van der Waals surface area (Å²) < 4.78 is 11.5. The van der Waals surface area contributed by atoms with Crippen molar-refractivity contribution in [2.24, 2.45) is 0 Å². The molecule has 2 aromatic carbocycles. The van der Waals surface area contributed by atoms with Crippen LogP contribution in [0.15, 0.2) is 73.1 Å². The molecule has 0 saturated carbocycles. The molecule has 0 atom stereocenters. The Morgan fingerprint density at radius 3 is 2.41 bits per heavy atom. The van der Waals surface area contributed by atoms with Gasteiger partial charge in [-0.15, -0.1) is 0 Å². The highest BCUT2D eigenvalue weighted by molar-refractivity contribution is 5.96. The molecule has 0 unspecified atom stereocenters. The summed E-state index contributed by atoms with van der Waals surface area (Å²) in [7, 11) is 0. The van der Waals surface area contributed by atoms with Crippen molar-refractivity contribution in [1.29, 1.82) is 0 Å².